The summed E-state index contributed by atoms with van der Waals surface area (Å²) in [6.45, 7) is 9.13. The highest BCUT2D eigenvalue weighted by Gasteiger charge is 2.21. The van der Waals surface area contributed by atoms with Crippen molar-refractivity contribution >= 4 is 9.24 Å². The Labute approximate surface area is 61.6 Å². The van der Waals surface area contributed by atoms with Crippen LogP contribution < -0.4 is 0 Å². The average Bonchev–Trinajstić information content (AvgIpc) is 1.86. The van der Waals surface area contributed by atoms with E-state index in [1.807, 2.05) is 0 Å². The van der Waals surface area contributed by atoms with Gasteiger partial charge in [-0.1, -0.05) is 34.1 Å². The van der Waals surface area contributed by atoms with Crippen molar-refractivity contribution in [1.82, 2.24) is 0 Å². The molecule has 0 aliphatic carbocycles. The Hall–Kier alpha value is 0.430. The minimum absolute atomic E-state index is 0.467. The SMILES string of the molecule is CCC(C)C(C)(P)CC. The van der Waals surface area contributed by atoms with Crippen molar-refractivity contribution in [1.29, 1.82) is 0 Å². The topological polar surface area (TPSA) is 0 Å². The molecule has 0 fully saturated rings. The molecule has 0 aromatic rings. The first-order valence-electron chi connectivity index (χ1n) is 3.83. The van der Waals surface area contributed by atoms with E-state index in [1.165, 1.54) is 12.8 Å². The summed E-state index contributed by atoms with van der Waals surface area (Å²) in [5.74, 6) is 0.826. The third-order valence-corrected chi connectivity index (χ3v) is 3.48. The average molecular weight is 146 g/mol. The highest BCUT2D eigenvalue weighted by atomic mass is 31.0. The zero-order valence-electron chi connectivity index (χ0n) is 7.07. The summed E-state index contributed by atoms with van der Waals surface area (Å²) in [5.41, 5.74) is 0. The van der Waals surface area contributed by atoms with Crippen molar-refractivity contribution in [2.45, 2.75) is 45.7 Å². The van der Waals surface area contributed by atoms with Crippen LogP contribution in [-0.2, 0) is 0 Å². The lowest BCUT2D eigenvalue weighted by Gasteiger charge is -2.29. The van der Waals surface area contributed by atoms with Gasteiger partial charge in [0.05, 0.1) is 0 Å². The fourth-order valence-corrected chi connectivity index (χ4v) is 1.05. The monoisotopic (exact) mass is 146 g/mol. The molecule has 0 aromatic heterocycles. The minimum Gasteiger partial charge on any atom is -0.131 e. The van der Waals surface area contributed by atoms with E-state index >= 15 is 0 Å². The molecular formula is C8H19P. The molecule has 0 radical (unpaired) electrons. The molecule has 0 saturated heterocycles. The van der Waals surface area contributed by atoms with Gasteiger partial charge in [0.2, 0.25) is 0 Å². The standard InChI is InChI=1S/C8H19P/c1-5-7(3)8(4,9)6-2/h7H,5-6,9H2,1-4H3. The van der Waals surface area contributed by atoms with Crippen LogP contribution in [0.5, 0.6) is 0 Å². The maximum Gasteiger partial charge on any atom is -0.0155 e. The Kier molecular flexibility index (Phi) is 3.73. The van der Waals surface area contributed by atoms with E-state index < -0.39 is 0 Å². The van der Waals surface area contributed by atoms with Gasteiger partial charge in [0.15, 0.2) is 0 Å². The molecule has 56 valence electrons. The predicted molar refractivity (Wildman–Crippen MR) is 47.9 cm³/mol. The summed E-state index contributed by atoms with van der Waals surface area (Å²) in [7, 11) is 2.95. The van der Waals surface area contributed by atoms with Gasteiger partial charge in [0, 0.05) is 0 Å². The molecule has 0 saturated carbocycles. The lowest BCUT2D eigenvalue weighted by atomic mass is 9.90. The third kappa shape index (κ3) is 2.67. The van der Waals surface area contributed by atoms with Crippen LogP contribution in [0.25, 0.3) is 0 Å². The molecule has 0 rings (SSSR count). The first-order chi connectivity index (χ1) is 4.04. The number of hydrogen-bond acceptors (Lipinski definition) is 0. The van der Waals surface area contributed by atoms with Crippen LogP contribution in [-0.4, -0.2) is 5.16 Å². The Morgan fingerprint density at radius 2 is 1.89 bits per heavy atom. The smallest absolute Gasteiger partial charge is 0.0155 e. The van der Waals surface area contributed by atoms with Crippen LogP contribution in [0.15, 0.2) is 0 Å². The molecule has 0 bridgehead atoms. The zero-order valence-corrected chi connectivity index (χ0v) is 8.22. The fourth-order valence-electron chi connectivity index (χ4n) is 0.815. The summed E-state index contributed by atoms with van der Waals surface area (Å²) < 4.78 is 0. The van der Waals surface area contributed by atoms with E-state index in [-0.39, 0.29) is 0 Å². The Morgan fingerprint density at radius 1 is 1.44 bits per heavy atom. The number of hydrogen-bond donors (Lipinski definition) is 0. The molecule has 1 heteroatoms. The second-order valence-electron chi connectivity index (χ2n) is 3.17. The largest absolute Gasteiger partial charge is 0.131 e. The van der Waals surface area contributed by atoms with Crippen molar-refractivity contribution in [2.75, 3.05) is 0 Å². The van der Waals surface area contributed by atoms with Crippen molar-refractivity contribution in [3.63, 3.8) is 0 Å². The van der Waals surface area contributed by atoms with Crippen LogP contribution in [0.3, 0.4) is 0 Å². The van der Waals surface area contributed by atoms with Gasteiger partial charge in [0.25, 0.3) is 0 Å². The summed E-state index contributed by atoms with van der Waals surface area (Å²) >= 11 is 0. The van der Waals surface area contributed by atoms with E-state index in [9.17, 15) is 0 Å². The van der Waals surface area contributed by atoms with Crippen LogP contribution in [0.1, 0.15) is 40.5 Å². The lowest BCUT2D eigenvalue weighted by molar-refractivity contribution is 0.409. The predicted octanol–water partition coefficient (Wildman–Crippen LogP) is 3.08. The highest BCUT2D eigenvalue weighted by Crippen LogP contribution is 2.32. The van der Waals surface area contributed by atoms with Crippen LogP contribution in [0.4, 0.5) is 0 Å². The summed E-state index contributed by atoms with van der Waals surface area (Å²) in [6.07, 6.45) is 2.54. The van der Waals surface area contributed by atoms with Gasteiger partial charge in [-0.2, -0.15) is 0 Å². The first-order valence-corrected chi connectivity index (χ1v) is 4.41. The van der Waals surface area contributed by atoms with E-state index in [4.69, 9.17) is 0 Å². The molecule has 0 heterocycles. The molecule has 0 aliphatic heterocycles. The van der Waals surface area contributed by atoms with Gasteiger partial charge < -0.3 is 0 Å². The Morgan fingerprint density at radius 3 is 2.00 bits per heavy atom. The van der Waals surface area contributed by atoms with Crippen molar-refractivity contribution in [3.05, 3.63) is 0 Å². The molecule has 3 unspecified atom stereocenters. The summed E-state index contributed by atoms with van der Waals surface area (Å²) in [5, 5.41) is 0.467. The van der Waals surface area contributed by atoms with Crippen molar-refractivity contribution < 1.29 is 0 Å². The molecule has 0 N–H and O–H groups in total. The maximum atomic E-state index is 2.95. The summed E-state index contributed by atoms with van der Waals surface area (Å²) in [6, 6.07) is 0. The number of rotatable bonds is 3. The van der Waals surface area contributed by atoms with Gasteiger partial charge in [-0.3, -0.25) is 0 Å². The molecule has 0 amide bonds. The van der Waals surface area contributed by atoms with Gasteiger partial charge in [-0.25, -0.2) is 0 Å². The third-order valence-electron chi connectivity index (χ3n) is 2.50. The van der Waals surface area contributed by atoms with Crippen molar-refractivity contribution in [3.8, 4) is 0 Å². The van der Waals surface area contributed by atoms with Crippen LogP contribution in [0, 0.1) is 5.92 Å². The molecule has 0 spiro atoms. The quantitative estimate of drug-likeness (QED) is 0.537. The highest BCUT2D eigenvalue weighted by molar-refractivity contribution is 7.18. The molecule has 0 aromatic carbocycles. The molecule has 9 heavy (non-hydrogen) atoms. The molecule has 3 atom stereocenters. The van der Waals surface area contributed by atoms with E-state index in [1.54, 1.807) is 0 Å². The minimum atomic E-state index is 0.467. The van der Waals surface area contributed by atoms with Crippen LogP contribution in [0.2, 0.25) is 0 Å². The summed E-state index contributed by atoms with van der Waals surface area (Å²) in [4.78, 5) is 0. The molecule has 0 nitrogen and oxygen atoms in total. The molecule has 0 aliphatic rings. The Bertz CT molecular complexity index is 76.6. The lowest BCUT2D eigenvalue weighted by Crippen LogP contribution is -2.23. The maximum absolute atomic E-state index is 2.95. The Balaban J connectivity index is 3.80. The van der Waals surface area contributed by atoms with E-state index in [0.717, 1.165) is 5.92 Å². The first kappa shape index (κ1) is 9.43. The second kappa shape index (κ2) is 3.56. The van der Waals surface area contributed by atoms with Gasteiger partial charge in [-0.15, -0.1) is 9.24 Å². The van der Waals surface area contributed by atoms with E-state index in [2.05, 4.69) is 36.9 Å². The normalized spacial score (nSPS) is 21.0. The fraction of sp³-hybridized carbons (Fsp3) is 1.00. The van der Waals surface area contributed by atoms with E-state index in [0.29, 0.717) is 5.16 Å². The zero-order chi connectivity index (χ0) is 7.49. The van der Waals surface area contributed by atoms with Gasteiger partial charge in [-0.05, 0) is 17.5 Å². The van der Waals surface area contributed by atoms with Gasteiger partial charge >= 0.3 is 0 Å². The second-order valence-corrected chi connectivity index (χ2v) is 4.49. The van der Waals surface area contributed by atoms with Gasteiger partial charge in [0.1, 0.15) is 0 Å². The van der Waals surface area contributed by atoms with Crippen molar-refractivity contribution in [2.24, 2.45) is 5.92 Å². The molecular weight excluding hydrogens is 127 g/mol. The van der Waals surface area contributed by atoms with Crippen LogP contribution >= 0.6 is 9.24 Å².